The number of aliphatic carboxylic acids is 2. The van der Waals surface area contributed by atoms with Crippen molar-refractivity contribution in [3.8, 4) is 0 Å². The topological polar surface area (TPSA) is 94.8 Å². The van der Waals surface area contributed by atoms with Gasteiger partial charge in [0.2, 0.25) is 0 Å². The summed E-state index contributed by atoms with van der Waals surface area (Å²) in [5.74, 6) is -1.67. The van der Waals surface area contributed by atoms with Crippen molar-refractivity contribution in [2.45, 2.75) is 58.8 Å². The van der Waals surface area contributed by atoms with Gasteiger partial charge < -0.3 is 15.3 Å². The number of carboxylic acid groups (broad SMARTS) is 2. The Labute approximate surface area is 136 Å². The zero-order chi connectivity index (χ0) is 17.1. The lowest BCUT2D eigenvalue weighted by Crippen LogP contribution is -2.63. The van der Waals surface area contributed by atoms with Crippen molar-refractivity contribution in [2.24, 2.45) is 21.7 Å². The molecule has 4 rings (SSSR count). The van der Waals surface area contributed by atoms with Gasteiger partial charge in [-0.15, -0.1) is 0 Å². The van der Waals surface area contributed by atoms with E-state index in [0.717, 1.165) is 19.3 Å². The average Bonchev–Trinajstić information content (AvgIpc) is 2.42. The molecule has 0 aromatic carbocycles. The van der Waals surface area contributed by atoms with E-state index in [1.807, 2.05) is 0 Å². The molecule has 3 N–H and O–H groups in total. The third-order valence-corrected chi connectivity index (χ3v) is 6.51. The van der Waals surface area contributed by atoms with Crippen LogP contribution >= 0.6 is 0 Å². The first-order chi connectivity index (χ1) is 10.6. The fraction of sp³-hybridized carbons (Fsp3) is 0.778. The fourth-order valence-electron chi connectivity index (χ4n) is 6.68. The quantitative estimate of drug-likeness (QED) is 0.677. The lowest BCUT2D eigenvalue weighted by atomic mass is 9.35. The number of allylic oxidation sites excluding steroid dienone is 1. The van der Waals surface area contributed by atoms with Gasteiger partial charge in [-0.3, -0.25) is 4.79 Å². The van der Waals surface area contributed by atoms with E-state index >= 15 is 0 Å². The number of carbonyl (C=O) groups is 2. The number of aliphatic hydroxyl groups excluding tert-OH is 1. The number of hydrogen-bond donors (Lipinski definition) is 3. The van der Waals surface area contributed by atoms with Crippen molar-refractivity contribution in [3.63, 3.8) is 0 Å². The largest absolute Gasteiger partial charge is 0.481 e. The van der Waals surface area contributed by atoms with Crippen molar-refractivity contribution >= 4 is 11.9 Å². The Kier molecular flexibility index (Phi) is 3.46. The molecule has 4 unspecified atom stereocenters. The fourth-order valence-corrected chi connectivity index (χ4v) is 6.68. The van der Waals surface area contributed by atoms with Crippen LogP contribution in [0.1, 0.15) is 58.8 Å². The lowest BCUT2D eigenvalue weighted by Gasteiger charge is -2.68. The molecule has 0 saturated heterocycles. The van der Waals surface area contributed by atoms with Gasteiger partial charge in [0, 0.05) is 12.2 Å². The highest BCUT2D eigenvalue weighted by molar-refractivity contribution is 5.85. The van der Waals surface area contributed by atoms with Crippen molar-refractivity contribution in [3.05, 3.63) is 11.6 Å². The summed E-state index contributed by atoms with van der Waals surface area (Å²) < 4.78 is 0. The molecule has 23 heavy (non-hydrogen) atoms. The Balaban J connectivity index is 2.00. The predicted molar refractivity (Wildman–Crippen MR) is 83.8 cm³/mol. The summed E-state index contributed by atoms with van der Waals surface area (Å²) in [6.45, 7) is 3.76. The van der Waals surface area contributed by atoms with Crippen LogP contribution in [-0.4, -0.2) is 33.9 Å². The third-order valence-electron chi connectivity index (χ3n) is 6.51. The molecule has 0 aromatic rings. The normalized spacial score (nSPS) is 45.3. The van der Waals surface area contributed by atoms with Crippen LogP contribution in [0.25, 0.3) is 0 Å². The van der Waals surface area contributed by atoms with E-state index in [2.05, 4.69) is 6.92 Å². The minimum absolute atomic E-state index is 0.0288. The van der Waals surface area contributed by atoms with E-state index in [1.54, 1.807) is 13.0 Å². The molecular formula is C18H26O5. The van der Waals surface area contributed by atoms with E-state index < -0.39 is 17.4 Å². The molecule has 4 bridgehead atoms. The number of carboxylic acids is 2. The molecule has 4 saturated carbocycles. The molecule has 0 amide bonds. The maximum absolute atomic E-state index is 12.1. The smallest absolute Gasteiger partial charge is 0.330 e. The summed E-state index contributed by atoms with van der Waals surface area (Å²) >= 11 is 0. The van der Waals surface area contributed by atoms with Gasteiger partial charge >= 0.3 is 11.9 Å². The Morgan fingerprint density at radius 1 is 1.00 bits per heavy atom. The van der Waals surface area contributed by atoms with Crippen LogP contribution in [0, 0.1) is 21.7 Å². The second kappa shape index (κ2) is 4.82. The molecule has 128 valence electrons. The van der Waals surface area contributed by atoms with Gasteiger partial charge in [-0.25, -0.2) is 4.79 Å². The summed E-state index contributed by atoms with van der Waals surface area (Å²) in [5.41, 5.74) is -1.01. The highest BCUT2D eigenvalue weighted by Crippen LogP contribution is 2.74. The highest BCUT2D eigenvalue weighted by atomic mass is 16.4. The number of hydrogen-bond acceptors (Lipinski definition) is 3. The van der Waals surface area contributed by atoms with Crippen LogP contribution in [0.4, 0.5) is 0 Å². The maximum atomic E-state index is 12.1. The first-order valence-corrected chi connectivity index (χ1v) is 8.32. The molecule has 5 nitrogen and oxygen atoms in total. The van der Waals surface area contributed by atoms with Crippen LogP contribution < -0.4 is 0 Å². The Morgan fingerprint density at radius 3 is 2.17 bits per heavy atom. The van der Waals surface area contributed by atoms with Crippen LogP contribution in [0.2, 0.25) is 0 Å². The molecule has 0 spiro atoms. The van der Waals surface area contributed by atoms with Gasteiger partial charge in [0.05, 0.1) is 5.41 Å². The molecule has 0 radical (unpaired) electrons. The summed E-state index contributed by atoms with van der Waals surface area (Å²) in [6, 6.07) is 0. The van der Waals surface area contributed by atoms with E-state index in [0.29, 0.717) is 31.3 Å². The van der Waals surface area contributed by atoms with E-state index in [9.17, 15) is 19.8 Å². The summed E-state index contributed by atoms with van der Waals surface area (Å²) in [6.07, 6.45) is 6.82. The van der Waals surface area contributed by atoms with Crippen LogP contribution in [0.5, 0.6) is 0 Å². The van der Waals surface area contributed by atoms with Gasteiger partial charge in [0.1, 0.15) is 0 Å². The highest BCUT2D eigenvalue weighted by Gasteiger charge is 2.68. The molecule has 4 aliphatic rings. The van der Waals surface area contributed by atoms with Crippen LogP contribution in [0.3, 0.4) is 0 Å². The minimum Gasteiger partial charge on any atom is -0.481 e. The molecule has 4 fully saturated rings. The van der Waals surface area contributed by atoms with E-state index in [1.165, 1.54) is 0 Å². The molecule has 0 aliphatic heterocycles. The monoisotopic (exact) mass is 322 g/mol. The Morgan fingerprint density at radius 2 is 1.61 bits per heavy atom. The van der Waals surface area contributed by atoms with Gasteiger partial charge in [-0.2, -0.15) is 0 Å². The van der Waals surface area contributed by atoms with Crippen molar-refractivity contribution < 1.29 is 24.9 Å². The third kappa shape index (κ3) is 2.49. The van der Waals surface area contributed by atoms with Gasteiger partial charge in [0.15, 0.2) is 0 Å². The van der Waals surface area contributed by atoms with Crippen molar-refractivity contribution in [1.82, 2.24) is 0 Å². The molecule has 0 aromatic heterocycles. The molecule has 4 atom stereocenters. The minimum atomic E-state index is -0.925. The van der Waals surface area contributed by atoms with Gasteiger partial charge in [0.25, 0.3) is 0 Å². The first-order valence-electron chi connectivity index (χ1n) is 8.32. The zero-order valence-electron chi connectivity index (χ0n) is 13.9. The van der Waals surface area contributed by atoms with Crippen molar-refractivity contribution in [1.29, 1.82) is 0 Å². The predicted octanol–water partition coefficient (Wildman–Crippen LogP) is 2.83. The first kappa shape index (κ1) is 16.5. The standard InChI is InChI=1S/C18H26O5/c1-12(13(20)21)3-4-16-5-15(2)6-17(8-16,11-19)10-18(7-15,9-16)14(22)23/h3,19H,4-11H2,1-2H3,(H,20,21)(H,22,23). The Hall–Kier alpha value is -1.36. The number of rotatable bonds is 5. The number of aliphatic hydroxyl groups is 1. The maximum Gasteiger partial charge on any atom is 0.330 e. The second-order valence-corrected chi connectivity index (χ2v) is 9.01. The zero-order valence-corrected chi connectivity index (χ0v) is 13.9. The molecule has 4 aliphatic carbocycles. The average molecular weight is 322 g/mol. The van der Waals surface area contributed by atoms with Gasteiger partial charge in [-0.1, -0.05) is 13.0 Å². The summed E-state index contributed by atoms with van der Waals surface area (Å²) in [7, 11) is 0. The second-order valence-electron chi connectivity index (χ2n) is 9.01. The molecular weight excluding hydrogens is 296 g/mol. The molecule has 0 heterocycles. The van der Waals surface area contributed by atoms with Crippen molar-refractivity contribution in [2.75, 3.05) is 6.61 Å². The van der Waals surface area contributed by atoms with Crippen LogP contribution in [-0.2, 0) is 9.59 Å². The summed E-state index contributed by atoms with van der Waals surface area (Å²) in [5, 5.41) is 29.0. The molecule has 5 heteroatoms. The van der Waals surface area contributed by atoms with E-state index in [4.69, 9.17) is 5.11 Å². The Bertz CT molecular complexity index is 596. The SMILES string of the molecule is CC(=CCC12CC3(C)CC(CO)(C1)CC(C(=O)O)(C3)C2)C(=O)O. The van der Waals surface area contributed by atoms with Gasteiger partial charge in [-0.05, 0) is 68.1 Å². The summed E-state index contributed by atoms with van der Waals surface area (Å²) in [4.78, 5) is 23.1. The van der Waals surface area contributed by atoms with E-state index in [-0.39, 0.29) is 22.9 Å². The lowest BCUT2D eigenvalue weighted by molar-refractivity contribution is -0.218. The van der Waals surface area contributed by atoms with Crippen LogP contribution in [0.15, 0.2) is 11.6 Å².